The van der Waals surface area contributed by atoms with Crippen molar-refractivity contribution in [1.29, 1.82) is 0 Å². The fourth-order valence-corrected chi connectivity index (χ4v) is 2.97. The third-order valence-corrected chi connectivity index (χ3v) is 4.43. The largest absolute Gasteiger partial charge is 0.493 e. The standard InChI is InChI=1S/C23H38N2O3/c1-5-6-16-27-22-18-20(2)23(21(3)19-22)28-17-12-10-8-7-9-11-13-24-14-15-25-26-4/h5-6,15,18-19,24H,7-14,16-17H2,1-4H3/b6-5+,25-15+. The predicted octanol–water partition coefficient (Wildman–Crippen LogP) is 5.20. The van der Waals surface area contributed by atoms with Gasteiger partial charge in [-0.2, -0.15) is 0 Å². The van der Waals surface area contributed by atoms with Crippen LogP contribution in [0.15, 0.2) is 29.4 Å². The van der Waals surface area contributed by atoms with Crippen LogP contribution in [-0.2, 0) is 4.84 Å². The van der Waals surface area contributed by atoms with Gasteiger partial charge in [-0.3, -0.25) is 0 Å². The SMILES string of the molecule is C/C=C/COc1cc(C)c(OCCCCCCCCNC/C=N/OC)c(C)c1. The van der Waals surface area contributed by atoms with Crippen molar-refractivity contribution >= 4 is 6.21 Å². The highest BCUT2D eigenvalue weighted by Crippen LogP contribution is 2.28. The second-order valence-electron chi connectivity index (χ2n) is 6.91. The molecule has 0 fully saturated rings. The number of oxime groups is 1. The molecule has 1 aromatic rings. The summed E-state index contributed by atoms with van der Waals surface area (Å²) < 4.78 is 11.8. The van der Waals surface area contributed by atoms with Gasteiger partial charge in [0.1, 0.15) is 25.2 Å². The van der Waals surface area contributed by atoms with E-state index in [1.807, 2.05) is 19.1 Å². The number of nitrogens with zero attached hydrogens (tertiary/aromatic N) is 1. The molecule has 0 aromatic heterocycles. The van der Waals surface area contributed by atoms with E-state index in [1.165, 1.54) is 32.1 Å². The van der Waals surface area contributed by atoms with Gasteiger partial charge in [0.25, 0.3) is 0 Å². The Bertz CT molecular complexity index is 562. The van der Waals surface area contributed by atoms with Crippen LogP contribution < -0.4 is 14.8 Å². The lowest BCUT2D eigenvalue weighted by Crippen LogP contribution is -2.17. The van der Waals surface area contributed by atoms with Crippen LogP contribution in [0.25, 0.3) is 0 Å². The van der Waals surface area contributed by atoms with Crippen molar-refractivity contribution in [1.82, 2.24) is 5.32 Å². The Labute approximate surface area is 171 Å². The topological polar surface area (TPSA) is 52.1 Å². The van der Waals surface area contributed by atoms with Gasteiger partial charge < -0.3 is 19.6 Å². The molecule has 1 aromatic carbocycles. The third-order valence-electron chi connectivity index (χ3n) is 4.43. The third kappa shape index (κ3) is 11.0. The molecule has 0 aliphatic carbocycles. The van der Waals surface area contributed by atoms with E-state index in [1.54, 1.807) is 13.3 Å². The summed E-state index contributed by atoms with van der Waals surface area (Å²) in [5.74, 6) is 1.90. The first-order valence-electron chi connectivity index (χ1n) is 10.4. The summed E-state index contributed by atoms with van der Waals surface area (Å²) in [6.07, 6.45) is 13.1. The van der Waals surface area contributed by atoms with E-state index < -0.39 is 0 Å². The molecular weight excluding hydrogens is 352 g/mol. The van der Waals surface area contributed by atoms with E-state index in [-0.39, 0.29) is 0 Å². The van der Waals surface area contributed by atoms with Crippen molar-refractivity contribution in [3.05, 3.63) is 35.4 Å². The number of rotatable bonds is 16. The maximum atomic E-state index is 6.04. The van der Waals surface area contributed by atoms with E-state index in [4.69, 9.17) is 9.47 Å². The fourth-order valence-electron chi connectivity index (χ4n) is 2.97. The summed E-state index contributed by atoms with van der Waals surface area (Å²) in [6.45, 7) is 9.35. The number of allylic oxidation sites excluding steroid dienone is 1. The lowest BCUT2D eigenvalue weighted by Gasteiger charge is -2.14. The normalized spacial score (nSPS) is 11.4. The molecule has 5 heteroatoms. The maximum Gasteiger partial charge on any atom is 0.125 e. The molecule has 0 aliphatic rings. The van der Waals surface area contributed by atoms with Gasteiger partial charge >= 0.3 is 0 Å². The first-order valence-corrected chi connectivity index (χ1v) is 10.4. The average Bonchev–Trinajstić information content (AvgIpc) is 2.67. The van der Waals surface area contributed by atoms with Crippen LogP contribution in [0, 0.1) is 13.8 Å². The van der Waals surface area contributed by atoms with Crippen molar-refractivity contribution in [2.45, 2.75) is 59.3 Å². The molecule has 1 N–H and O–H groups in total. The van der Waals surface area contributed by atoms with Crippen LogP contribution in [0.3, 0.4) is 0 Å². The van der Waals surface area contributed by atoms with E-state index in [0.29, 0.717) is 6.61 Å². The molecule has 0 heterocycles. The monoisotopic (exact) mass is 390 g/mol. The Balaban J connectivity index is 2.10. The minimum Gasteiger partial charge on any atom is -0.493 e. The van der Waals surface area contributed by atoms with Gasteiger partial charge in [0.15, 0.2) is 0 Å². The molecule has 158 valence electrons. The highest BCUT2D eigenvalue weighted by molar-refractivity contribution is 5.58. The number of benzene rings is 1. The molecule has 0 saturated heterocycles. The molecule has 0 bridgehead atoms. The molecule has 28 heavy (non-hydrogen) atoms. The van der Waals surface area contributed by atoms with Crippen LogP contribution in [0.2, 0.25) is 0 Å². The number of hydrogen-bond acceptors (Lipinski definition) is 5. The molecule has 0 radical (unpaired) electrons. The minimum atomic E-state index is 0.605. The molecular formula is C23H38N2O3. The Hall–Kier alpha value is -2.01. The van der Waals surface area contributed by atoms with Gasteiger partial charge in [-0.25, -0.2) is 0 Å². The van der Waals surface area contributed by atoms with Crippen LogP contribution in [0.4, 0.5) is 0 Å². The van der Waals surface area contributed by atoms with Crippen LogP contribution in [0.1, 0.15) is 56.6 Å². The Morgan fingerprint density at radius 1 is 0.964 bits per heavy atom. The lowest BCUT2D eigenvalue weighted by atomic mass is 10.1. The number of unbranched alkanes of at least 4 members (excludes halogenated alkanes) is 5. The van der Waals surface area contributed by atoms with E-state index in [9.17, 15) is 0 Å². The molecule has 0 atom stereocenters. The number of aryl methyl sites for hydroxylation is 2. The predicted molar refractivity (Wildman–Crippen MR) is 118 cm³/mol. The van der Waals surface area contributed by atoms with E-state index >= 15 is 0 Å². The Morgan fingerprint density at radius 2 is 1.64 bits per heavy atom. The molecule has 1 rings (SSSR count). The van der Waals surface area contributed by atoms with Crippen molar-refractivity contribution in [2.75, 3.05) is 33.4 Å². The molecule has 0 amide bonds. The average molecular weight is 391 g/mol. The fraction of sp³-hybridized carbons (Fsp3) is 0.609. The quantitative estimate of drug-likeness (QED) is 0.182. The van der Waals surface area contributed by atoms with Crippen LogP contribution in [-0.4, -0.2) is 39.6 Å². The Kier molecular flexibility index (Phi) is 13.7. The molecule has 0 spiro atoms. The van der Waals surface area contributed by atoms with E-state index in [2.05, 4.69) is 41.3 Å². The summed E-state index contributed by atoms with van der Waals surface area (Å²) in [6, 6.07) is 4.11. The zero-order valence-electron chi connectivity index (χ0n) is 18.1. The summed E-state index contributed by atoms with van der Waals surface area (Å²) in [5.41, 5.74) is 2.28. The molecule has 5 nitrogen and oxygen atoms in total. The maximum absolute atomic E-state index is 6.04. The van der Waals surface area contributed by atoms with Gasteiger partial charge in [0, 0.05) is 6.54 Å². The summed E-state index contributed by atoms with van der Waals surface area (Å²) in [4.78, 5) is 4.61. The first kappa shape index (κ1) is 24.0. The van der Waals surface area contributed by atoms with Gasteiger partial charge in [0.2, 0.25) is 0 Å². The van der Waals surface area contributed by atoms with Crippen molar-refractivity contribution in [3.63, 3.8) is 0 Å². The number of hydrogen-bond donors (Lipinski definition) is 1. The number of nitrogens with one attached hydrogen (secondary N) is 1. The zero-order valence-corrected chi connectivity index (χ0v) is 18.1. The smallest absolute Gasteiger partial charge is 0.125 e. The van der Waals surface area contributed by atoms with Gasteiger partial charge in [-0.1, -0.05) is 43.0 Å². The number of ether oxygens (including phenoxy) is 2. The van der Waals surface area contributed by atoms with Crippen molar-refractivity contribution in [3.8, 4) is 11.5 Å². The van der Waals surface area contributed by atoms with Crippen LogP contribution in [0.5, 0.6) is 11.5 Å². The van der Waals surface area contributed by atoms with Gasteiger partial charge in [-0.15, -0.1) is 0 Å². The van der Waals surface area contributed by atoms with E-state index in [0.717, 1.165) is 48.7 Å². The van der Waals surface area contributed by atoms with Crippen molar-refractivity contribution in [2.24, 2.45) is 5.16 Å². The summed E-state index contributed by atoms with van der Waals surface area (Å²) in [7, 11) is 1.56. The minimum absolute atomic E-state index is 0.605. The van der Waals surface area contributed by atoms with Crippen LogP contribution >= 0.6 is 0 Å². The first-order chi connectivity index (χ1) is 13.7. The second-order valence-corrected chi connectivity index (χ2v) is 6.91. The lowest BCUT2D eigenvalue weighted by molar-refractivity contribution is 0.214. The molecule has 0 saturated carbocycles. The molecule has 0 unspecified atom stereocenters. The van der Waals surface area contributed by atoms with Crippen molar-refractivity contribution < 1.29 is 14.3 Å². The summed E-state index contributed by atoms with van der Waals surface area (Å²) in [5, 5.41) is 7.01. The van der Waals surface area contributed by atoms with Gasteiger partial charge in [0.05, 0.1) is 12.8 Å². The summed E-state index contributed by atoms with van der Waals surface area (Å²) >= 11 is 0. The zero-order chi connectivity index (χ0) is 20.5. The van der Waals surface area contributed by atoms with Gasteiger partial charge in [-0.05, 0) is 63.4 Å². The molecule has 0 aliphatic heterocycles. The Morgan fingerprint density at radius 3 is 2.32 bits per heavy atom. The highest BCUT2D eigenvalue weighted by Gasteiger charge is 2.07. The second kappa shape index (κ2) is 16.0. The highest BCUT2D eigenvalue weighted by atomic mass is 16.6.